The summed E-state index contributed by atoms with van der Waals surface area (Å²) < 4.78 is 4.91. The van der Waals surface area contributed by atoms with Gasteiger partial charge in [0.05, 0.1) is 6.61 Å². The summed E-state index contributed by atoms with van der Waals surface area (Å²) in [6.07, 6.45) is 5.09. The molecule has 18 heavy (non-hydrogen) atoms. The molecule has 0 radical (unpaired) electrons. The molecule has 0 heterocycles. The first-order valence-corrected chi connectivity index (χ1v) is 7.51. The standard InChI is InChI=1S/C15H31NO2/c1-5-14(4)13-16(6-2)12-10-8-9-11-15(17)18-7-3/h14H,5-13H2,1-4H3. The minimum absolute atomic E-state index is 0.0514. The maximum atomic E-state index is 11.1. The van der Waals surface area contributed by atoms with Crippen LogP contribution in [0.3, 0.4) is 0 Å². The molecule has 3 nitrogen and oxygen atoms in total. The molecule has 0 saturated heterocycles. The quantitative estimate of drug-likeness (QED) is 0.419. The van der Waals surface area contributed by atoms with Gasteiger partial charge in [0.15, 0.2) is 0 Å². The second-order valence-corrected chi connectivity index (χ2v) is 5.02. The zero-order chi connectivity index (χ0) is 13.8. The normalized spacial score (nSPS) is 12.7. The summed E-state index contributed by atoms with van der Waals surface area (Å²) in [6.45, 7) is 12.6. The molecule has 0 fully saturated rings. The molecule has 0 amide bonds. The molecule has 0 aromatic rings. The minimum atomic E-state index is -0.0514. The second-order valence-electron chi connectivity index (χ2n) is 5.02. The van der Waals surface area contributed by atoms with Crippen LogP contribution in [0.2, 0.25) is 0 Å². The van der Waals surface area contributed by atoms with Crippen LogP contribution in [0.25, 0.3) is 0 Å². The van der Waals surface area contributed by atoms with Gasteiger partial charge in [0, 0.05) is 13.0 Å². The number of esters is 1. The molecule has 0 aliphatic rings. The minimum Gasteiger partial charge on any atom is -0.466 e. The smallest absolute Gasteiger partial charge is 0.305 e. The summed E-state index contributed by atoms with van der Waals surface area (Å²) in [6, 6.07) is 0. The van der Waals surface area contributed by atoms with E-state index in [2.05, 4.69) is 25.7 Å². The van der Waals surface area contributed by atoms with Crippen molar-refractivity contribution < 1.29 is 9.53 Å². The van der Waals surface area contributed by atoms with Gasteiger partial charge in [0.25, 0.3) is 0 Å². The Balaban J connectivity index is 3.53. The van der Waals surface area contributed by atoms with Gasteiger partial charge in [-0.15, -0.1) is 0 Å². The zero-order valence-corrected chi connectivity index (χ0v) is 12.7. The van der Waals surface area contributed by atoms with Crippen LogP contribution in [0.5, 0.6) is 0 Å². The molecule has 0 saturated carbocycles. The van der Waals surface area contributed by atoms with Gasteiger partial charge < -0.3 is 9.64 Å². The number of ether oxygens (including phenoxy) is 1. The number of hydrogen-bond acceptors (Lipinski definition) is 3. The predicted molar refractivity (Wildman–Crippen MR) is 76.7 cm³/mol. The third-order valence-corrected chi connectivity index (χ3v) is 3.37. The van der Waals surface area contributed by atoms with Crippen LogP contribution in [0, 0.1) is 5.92 Å². The van der Waals surface area contributed by atoms with Crippen molar-refractivity contribution in [2.45, 2.75) is 59.8 Å². The van der Waals surface area contributed by atoms with Crippen LogP contribution >= 0.6 is 0 Å². The Bertz CT molecular complexity index is 207. The molecule has 1 atom stereocenters. The largest absolute Gasteiger partial charge is 0.466 e. The van der Waals surface area contributed by atoms with E-state index in [1.807, 2.05) is 6.92 Å². The third-order valence-electron chi connectivity index (χ3n) is 3.37. The predicted octanol–water partition coefficient (Wildman–Crippen LogP) is 3.48. The van der Waals surface area contributed by atoms with Crippen LogP contribution in [0.1, 0.15) is 59.8 Å². The lowest BCUT2D eigenvalue weighted by molar-refractivity contribution is -0.143. The molecular weight excluding hydrogens is 226 g/mol. The van der Waals surface area contributed by atoms with Crippen molar-refractivity contribution in [2.75, 3.05) is 26.2 Å². The fourth-order valence-electron chi connectivity index (χ4n) is 1.96. The van der Waals surface area contributed by atoms with E-state index in [-0.39, 0.29) is 5.97 Å². The Morgan fingerprint density at radius 3 is 2.44 bits per heavy atom. The molecule has 0 N–H and O–H groups in total. The summed E-state index contributed by atoms with van der Waals surface area (Å²) in [5.74, 6) is 0.730. The van der Waals surface area contributed by atoms with Crippen molar-refractivity contribution in [3.63, 3.8) is 0 Å². The Labute approximate surface area is 113 Å². The molecule has 0 aromatic heterocycles. The van der Waals surface area contributed by atoms with E-state index < -0.39 is 0 Å². The highest BCUT2D eigenvalue weighted by molar-refractivity contribution is 5.69. The van der Waals surface area contributed by atoms with Crippen molar-refractivity contribution in [3.8, 4) is 0 Å². The lowest BCUT2D eigenvalue weighted by Crippen LogP contribution is -2.29. The molecule has 0 bridgehead atoms. The number of carbonyl (C=O) groups is 1. The van der Waals surface area contributed by atoms with Crippen molar-refractivity contribution in [1.82, 2.24) is 4.90 Å². The van der Waals surface area contributed by atoms with E-state index in [0.717, 1.165) is 31.8 Å². The lowest BCUT2D eigenvalue weighted by Gasteiger charge is -2.23. The Hall–Kier alpha value is -0.570. The average molecular weight is 257 g/mol. The lowest BCUT2D eigenvalue weighted by atomic mass is 10.1. The highest BCUT2D eigenvalue weighted by Crippen LogP contribution is 2.07. The van der Waals surface area contributed by atoms with E-state index in [1.54, 1.807) is 0 Å². The van der Waals surface area contributed by atoms with Crippen molar-refractivity contribution in [3.05, 3.63) is 0 Å². The number of hydrogen-bond donors (Lipinski definition) is 0. The Morgan fingerprint density at radius 1 is 1.17 bits per heavy atom. The van der Waals surface area contributed by atoms with Crippen molar-refractivity contribution in [1.29, 1.82) is 0 Å². The van der Waals surface area contributed by atoms with E-state index >= 15 is 0 Å². The van der Waals surface area contributed by atoms with Crippen LogP contribution < -0.4 is 0 Å². The van der Waals surface area contributed by atoms with Gasteiger partial charge in [-0.3, -0.25) is 4.79 Å². The molecular formula is C15H31NO2. The van der Waals surface area contributed by atoms with Crippen LogP contribution in [-0.4, -0.2) is 37.1 Å². The monoisotopic (exact) mass is 257 g/mol. The molecule has 3 heteroatoms. The summed E-state index contributed by atoms with van der Waals surface area (Å²) in [5, 5.41) is 0. The molecule has 1 unspecified atom stereocenters. The number of rotatable bonds is 11. The summed E-state index contributed by atoms with van der Waals surface area (Å²) in [4.78, 5) is 13.7. The van der Waals surface area contributed by atoms with Gasteiger partial charge in [-0.05, 0) is 38.8 Å². The molecule has 108 valence electrons. The van der Waals surface area contributed by atoms with E-state index in [0.29, 0.717) is 13.0 Å². The maximum absolute atomic E-state index is 11.1. The zero-order valence-electron chi connectivity index (χ0n) is 12.7. The first-order valence-electron chi connectivity index (χ1n) is 7.51. The number of unbranched alkanes of at least 4 members (excludes halogenated alkanes) is 2. The molecule has 0 aromatic carbocycles. The fraction of sp³-hybridized carbons (Fsp3) is 0.933. The third kappa shape index (κ3) is 9.46. The summed E-state index contributed by atoms with van der Waals surface area (Å²) in [5.41, 5.74) is 0. The first kappa shape index (κ1) is 17.4. The molecule has 0 aliphatic heterocycles. The SMILES string of the molecule is CCOC(=O)CCCCCN(CC)CC(C)CC. The topological polar surface area (TPSA) is 29.5 Å². The summed E-state index contributed by atoms with van der Waals surface area (Å²) >= 11 is 0. The Morgan fingerprint density at radius 2 is 1.89 bits per heavy atom. The average Bonchev–Trinajstić information content (AvgIpc) is 2.36. The van der Waals surface area contributed by atoms with Crippen molar-refractivity contribution in [2.24, 2.45) is 5.92 Å². The second kappa shape index (κ2) is 11.5. The highest BCUT2D eigenvalue weighted by Gasteiger charge is 2.07. The van der Waals surface area contributed by atoms with E-state index in [9.17, 15) is 4.79 Å². The molecule has 0 spiro atoms. The van der Waals surface area contributed by atoms with Gasteiger partial charge in [-0.2, -0.15) is 0 Å². The van der Waals surface area contributed by atoms with Crippen LogP contribution in [0.15, 0.2) is 0 Å². The first-order chi connectivity index (χ1) is 8.63. The molecule has 0 aliphatic carbocycles. The van der Waals surface area contributed by atoms with Gasteiger partial charge in [0.1, 0.15) is 0 Å². The molecule has 0 rings (SSSR count). The fourth-order valence-corrected chi connectivity index (χ4v) is 1.96. The van der Waals surface area contributed by atoms with Gasteiger partial charge >= 0.3 is 5.97 Å². The van der Waals surface area contributed by atoms with E-state index in [1.165, 1.54) is 19.4 Å². The maximum Gasteiger partial charge on any atom is 0.305 e. The van der Waals surface area contributed by atoms with Crippen LogP contribution in [0.4, 0.5) is 0 Å². The summed E-state index contributed by atoms with van der Waals surface area (Å²) in [7, 11) is 0. The number of carbonyl (C=O) groups excluding carboxylic acids is 1. The van der Waals surface area contributed by atoms with Crippen molar-refractivity contribution >= 4 is 5.97 Å². The Kier molecular flexibility index (Phi) is 11.2. The van der Waals surface area contributed by atoms with Gasteiger partial charge in [0.2, 0.25) is 0 Å². The van der Waals surface area contributed by atoms with Gasteiger partial charge in [-0.25, -0.2) is 0 Å². The number of nitrogens with zero attached hydrogens (tertiary/aromatic N) is 1. The van der Waals surface area contributed by atoms with Gasteiger partial charge in [-0.1, -0.05) is 33.6 Å². The van der Waals surface area contributed by atoms with Crippen LogP contribution in [-0.2, 0) is 9.53 Å². The highest BCUT2D eigenvalue weighted by atomic mass is 16.5. The van der Waals surface area contributed by atoms with E-state index in [4.69, 9.17) is 4.74 Å².